The molecule has 0 aromatic heterocycles. The van der Waals surface area contributed by atoms with Gasteiger partial charge in [0.15, 0.2) is 0 Å². The van der Waals surface area contributed by atoms with Gasteiger partial charge in [0.05, 0.1) is 5.41 Å². The van der Waals surface area contributed by atoms with Crippen LogP contribution in [0, 0.1) is 17.3 Å². The van der Waals surface area contributed by atoms with E-state index in [0.717, 1.165) is 12.8 Å². The zero-order valence-corrected chi connectivity index (χ0v) is 19.3. The second kappa shape index (κ2) is 8.78. The van der Waals surface area contributed by atoms with Crippen LogP contribution in [0.3, 0.4) is 0 Å². The van der Waals surface area contributed by atoms with Gasteiger partial charge in [-0.3, -0.25) is 9.59 Å². The predicted octanol–water partition coefficient (Wildman–Crippen LogP) is 3.92. The summed E-state index contributed by atoms with van der Waals surface area (Å²) in [7, 11) is 0. The smallest absolute Gasteiger partial charge is 0.407 e. The van der Waals surface area contributed by atoms with Gasteiger partial charge in [0.1, 0.15) is 6.61 Å². The Morgan fingerprint density at radius 1 is 1.06 bits per heavy atom. The third-order valence-electron chi connectivity index (χ3n) is 7.66. The van der Waals surface area contributed by atoms with E-state index < -0.39 is 17.5 Å². The SMILES string of the molecule is CC(CNC(=O)[C@]12C[C@H](NC(=O)OCC3c4ccccc4-c4ccccc43)C[C@H]1C2)CC(=O)O. The molecule has 5 rings (SSSR count). The Labute approximate surface area is 198 Å². The molecule has 2 saturated carbocycles. The molecule has 1 unspecified atom stereocenters. The number of carbonyl (C=O) groups excluding carboxylic acids is 2. The fourth-order valence-electron chi connectivity index (χ4n) is 5.91. The van der Waals surface area contributed by atoms with Crippen LogP contribution in [-0.4, -0.2) is 42.3 Å². The molecule has 0 spiro atoms. The third kappa shape index (κ3) is 4.15. The first-order valence-corrected chi connectivity index (χ1v) is 12.0. The lowest BCUT2D eigenvalue weighted by molar-refractivity contribution is -0.138. The average molecular weight is 463 g/mol. The molecule has 2 amide bonds. The molecule has 2 aromatic carbocycles. The Bertz CT molecular complexity index is 1090. The van der Waals surface area contributed by atoms with E-state index in [-0.39, 0.29) is 42.7 Å². The summed E-state index contributed by atoms with van der Waals surface area (Å²) in [4.78, 5) is 36.2. The molecule has 7 nitrogen and oxygen atoms in total. The van der Waals surface area contributed by atoms with Crippen molar-refractivity contribution in [3.63, 3.8) is 0 Å². The van der Waals surface area contributed by atoms with E-state index in [4.69, 9.17) is 9.84 Å². The van der Waals surface area contributed by atoms with Crippen molar-refractivity contribution in [2.24, 2.45) is 17.3 Å². The molecule has 4 atom stereocenters. The summed E-state index contributed by atoms with van der Waals surface area (Å²) in [6.07, 6.45) is 1.78. The molecule has 3 aliphatic rings. The molecule has 0 heterocycles. The van der Waals surface area contributed by atoms with E-state index in [1.165, 1.54) is 22.3 Å². The normalized spacial score (nSPS) is 25.0. The molecular formula is C27H30N2O5. The van der Waals surface area contributed by atoms with Crippen molar-refractivity contribution in [3.8, 4) is 11.1 Å². The number of aliphatic carboxylic acids is 1. The predicted molar refractivity (Wildman–Crippen MR) is 126 cm³/mol. The van der Waals surface area contributed by atoms with Crippen LogP contribution in [0.5, 0.6) is 0 Å². The summed E-state index contributed by atoms with van der Waals surface area (Å²) in [6.45, 7) is 2.43. The average Bonchev–Trinajstić information content (AvgIpc) is 3.24. The highest BCUT2D eigenvalue weighted by molar-refractivity contribution is 5.87. The lowest BCUT2D eigenvalue weighted by Crippen LogP contribution is -2.39. The summed E-state index contributed by atoms with van der Waals surface area (Å²) in [5, 5.41) is 14.8. The van der Waals surface area contributed by atoms with Crippen LogP contribution < -0.4 is 10.6 Å². The second-order valence-electron chi connectivity index (χ2n) is 10.1. The molecule has 0 aliphatic heterocycles. The molecule has 0 radical (unpaired) electrons. The molecule has 7 heteroatoms. The molecule has 3 aliphatic carbocycles. The topological polar surface area (TPSA) is 105 Å². The van der Waals surface area contributed by atoms with Crippen molar-refractivity contribution in [3.05, 3.63) is 59.7 Å². The van der Waals surface area contributed by atoms with Crippen molar-refractivity contribution in [2.45, 2.75) is 44.6 Å². The van der Waals surface area contributed by atoms with Crippen LogP contribution in [-0.2, 0) is 14.3 Å². The lowest BCUT2D eigenvalue weighted by atomic mass is 9.98. The minimum Gasteiger partial charge on any atom is -0.481 e. The van der Waals surface area contributed by atoms with Crippen LogP contribution in [0.25, 0.3) is 11.1 Å². The maximum absolute atomic E-state index is 12.8. The molecule has 2 fully saturated rings. The minimum atomic E-state index is -0.863. The van der Waals surface area contributed by atoms with E-state index in [9.17, 15) is 14.4 Å². The first-order chi connectivity index (χ1) is 16.4. The van der Waals surface area contributed by atoms with E-state index >= 15 is 0 Å². The number of hydrogen-bond donors (Lipinski definition) is 3. The van der Waals surface area contributed by atoms with E-state index in [1.807, 2.05) is 31.2 Å². The van der Waals surface area contributed by atoms with Crippen LogP contribution in [0.15, 0.2) is 48.5 Å². The van der Waals surface area contributed by atoms with Crippen LogP contribution in [0.4, 0.5) is 4.79 Å². The number of nitrogens with one attached hydrogen (secondary N) is 2. The first kappa shape index (κ1) is 22.4. The highest BCUT2D eigenvalue weighted by atomic mass is 16.5. The van der Waals surface area contributed by atoms with Gasteiger partial charge in [-0.25, -0.2) is 4.79 Å². The van der Waals surface area contributed by atoms with E-state index in [1.54, 1.807) is 0 Å². The number of fused-ring (bicyclic) bond motifs is 4. The van der Waals surface area contributed by atoms with Gasteiger partial charge in [0.25, 0.3) is 0 Å². The van der Waals surface area contributed by atoms with E-state index in [2.05, 4.69) is 34.9 Å². The summed E-state index contributed by atoms with van der Waals surface area (Å²) < 4.78 is 5.65. The van der Waals surface area contributed by atoms with Gasteiger partial charge in [0.2, 0.25) is 5.91 Å². The zero-order valence-electron chi connectivity index (χ0n) is 19.3. The van der Waals surface area contributed by atoms with E-state index in [0.29, 0.717) is 13.0 Å². The highest BCUT2D eigenvalue weighted by Gasteiger charge is 2.65. The Balaban J connectivity index is 1.13. The number of rotatable bonds is 8. The Kier molecular flexibility index (Phi) is 5.80. The first-order valence-electron chi connectivity index (χ1n) is 12.0. The second-order valence-corrected chi connectivity index (χ2v) is 10.1. The van der Waals surface area contributed by atoms with Crippen LogP contribution in [0.1, 0.15) is 49.7 Å². The van der Waals surface area contributed by atoms with Gasteiger partial charge in [-0.1, -0.05) is 55.5 Å². The standard InChI is InChI=1S/C27H30N2O5/c1-16(10-24(30)31)14-28-25(32)27-12-17(27)11-18(13-27)29-26(33)34-15-23-21-8-4-2-6-19(21)20-7-3-5-9-22(20)23/h2-9,16-18,23H,10-15H2,1H3,(H,28,32)(H,29,33)(H,30,31)/t16?,17-,18+,27+/m0/s1. The van der Waals surface area contributed by atoms with Crippen LogP contribution in [0.2, 0.25) is 0 Å². The summed E-state index contributed by atoms with van der Waals surface area (Å²) in [5.74, 6) is -0.726. The summed E-state index contributed by atoms with van der Waals surface area (Å²) >= 11 is 0. The largest absolute Gasteiger partial charge is 0.481 e. The number of alkyl carbamates (subject to hydrolysis) is 1. The molecule has 0 saturated heterocycles. The van der Waals surface area contributed by atoms with Crippen molar-refractivity contribution in [1.29, 1.82) is 0 Å². The fourth-order valence-corrected chi connectivity index (χ4v) is 5.91. The maximum atomic E-state index is 12.8. The Morgan fingerprint density at radius 3 is 2.35 bits per heavy atom. The van der Waals surface area contributed by atoms with Crippen molar-refractivity contribution in [2.75, 3.05) is 13.2 Å². The molecule has 178 valence electrons. The van der Waals surface area contributed by atoms with Crippen LogP contribution >= 0.6 is 0 Å². The fraction of sp³-hybridized carbons (Fsp3) is 0.444. The monoisotopic (exact) mass is 462 g/mol. The number of carboxylic acids is 1. The minimum absolute atomic E-state index is 0.0139. The number of carboxylic acid groups (broad SMARTS) is 1. The number of amides is 2. The molecule has 0 bridgehead atoms. The number of benzene rings is 2. The van der Waals surface area contributed by atoms with Crippen molar-refractivity contribution < 1.29 is 24.2 Å². The lowest BCUT2D eigenvalue weighted by Gasteiger charge is -2.20. The van der Waals surface area contributed by atoms with Gasteiger partial charge >= 0.3 is 12.1 Å². The third-order valence-corrected chi connectivity index (χ3v) is 7.66. The summed E-state index contributed by atoms with van der Waals surface area (Å²) in [6, 6.07) is 16.4. The zero-order chi connectivity index (χ0) is 23.9. The van der Waals surface area contributed by atoms with Gasteiger partial charge in [0, 0.05) is 24.9 Å². The van der Waals surface area contributed by atoms with Gasteiger partial charge < -0.3 is 20.5 Å². The number of carbonyl (C=O) groups is 3. The van der Waals surface area contributed by atoms with Gasteiger partial charge in [-0.15, -0.1) is 0 Å². The van der Waals surface area contributed by atoms with Crippen molar-refractivity contribution >= 4 is 18.0 Å². The molecular weight excluding hydrogens is 432 g/mol. The highest BCUT2D eigenvalue weighted by Crippen LogP contribution is 2.63. The number of hydrogen-bond acceptors (Lipinski definition) is 4. The number of ether oxygens (including phenoxy) is 1. The Morgan fingerprint density at radius 2 is 1.71 bits per heavy atom. The van der Waals surface area contributed by atoms with Gasteiger partial charge in [-0.2, -0.15) is 0 Å². The molecule has 2 aromatic rings. The molecule has 34 heavy (non-hydrogen) atoms. The quantitative estimate of drug-likeness (QED) is 0.552. The van der Waals surface area contributed by atoms with Gasteiger partial charge in [-0.05, 0) is 53.4 Å². The molecule has 3 N–H and O–H groups in total. The van der Waals surface area contributed by atoms with Crippen molar-refractivity contribution in [1.82, 2.24) is 10.6 Å². The summed E-state index contributed by atoms with van der Waals surface area (Å²) in [5.41, 5.74) is 4.30. The Hall–Kier alpha value is -3.35. The maximum Gasteiger partial charge on any atom is 0.407 e.